The van der Waals surface area contributed by atoms with E-state index in [4.69, 9.17) is 9.26 Å². The molecular weight excluding hydrogens is 357 g/mol. The van der Waals surface area contributed by atoms with Crippen molar-refractivity contribution in [3.05, 3.63) is 66.1 Å². The van der Waals surface area contributed by atoms with Crippen molar-refractivity contribution in [2.24, 2.45) is 0 Å². The van der Waals surface area contributed by atoms with Crippen molar-refractivity contribution in [1.82, 2.24) is 10.1 Å². The van der Waals surface area contributed by atoms with Crippen LogP contribution in [-0.2, 0) is 17.0 Å². The summed E-state index contributed by atoms with van der Waals surface area (Å²) in [6.07, 6.45) is -0.0111. The van der Waals surface area contributed by atoms with Crippen molar-refractivity contribution in [2.75, 3.05) is 12.4 Å². The van der Waals surface area contributed by atoms with Crippen LogP contribution in [0.25, 0.3) is 0 Å². The molecule has 1 heterocycles. The standard InChI is InChI=1S/C18H16FN3O3S/c1-24-15-5-3-2-4-14(15)20-17(23)10-16-21-18(25-22-16)11-26-13-8-6-12(19)7-9-13/h2-9H,10-11H2,1H3,(H,20,23). The number of benzene rings is 2. The SMILES string of the molecule is COc1ccccc1NC(=O)Cc1noc(CSc2ccc(F)cc2)n1. The molecule has 2 aromatic carbocycles. The van der Waals surface area contributed by atoms with Crippen molar-refractivity contribution in [3.8, 4) is 5.75 Å². The summed E-state index contributed by atoms with van der Waals surface area (Å²) in [6, 6.07) is 13.3. The second-order valence-electron chi connectivity index (χ2n) is 5.27. The lowest BCUT2D eigenvalue weighted by Crippen LogP contribution is -2.15. The molecule has 1 N–H and O–H groups in total. The summed E-state index contributed by atoms with van der Waals surface area (Å²) in [7, 11) is 1.54. The average molecular weight is 373 g/mol. The highest BCUT2D eigenvalue weighted by Gasteiger charge is 2.13. The fourth-order valence-corrected chi connectivity index (χ4v) is 2.92. The van der Waals surface area contributed by atoms with E-state index in [-0.39, 0.29) is 18.1 Å². The molecule has 0 aliphatic rings. The molecule has 0 spiro atoms. The fourth-order valence-electron chi connectivity index (χ4n) is 2.18. The van der Waals surface area contributed by atoms with Crippen LogP contribution in [0.2, 0.25) is 0 Å². The van der Waals surface area contributed by atoms with Gasteiger partial charge in [-0.15, -0.1) is 11.8 Å². The topological polar surface area (TPSA) is 77.2 Å². The van der Waals surface area contributed by atoms with Gasteiger partial charge >= 0.3 is 0 Å². The Bertz CT molecular complexity index is 883. The molecule has 0 atom stereocenters. The van der Waals surface area contributed by atoms with E-state index in [1.807, 2.05) is 6.07 Å². The quantitative estimate of drug-likeness (QED) is 0.637. The van der Waals surface area contributed by atoms with Crippen molar-refractivity contribution in [3.63, 3.8) is 0 Å². The number of methoxy groups -OCH3 is 1. The van der Waals surface area contributed by atoms with Gasteiger partial charge in [-0.25, -0.2) is 4.39 Å². The molecule has 0 aliphatic heterocycles. The van der Waals surface area contributed by atoms with Crippen LogP contribution in [0.3, 0.4) is 0 Å². The monoisotopic (exact) mass is 373 g/mol. The van der Waals surface area contributed by atoms with Gasteiger partial charge in [-0.05, 0) is 36.4 Å². The molecule has 0 saturated heterocycles. The highest BCUT2D eigenvalue weighted by atomic mass is 32.2. The first-order valence-electron chi connectivity index (χ1n) is 7.77. The third-order valence-corrected chi connectivity index (χ3v) is 4.38. The predicted molar refractivity (Wildman–Crippen MR) is 95.6 cm³/mol. The minimum atomic E-state index is -0.282. The van der Waals surface area contributed by atoms with Gasteiger partial charge in [0, 0.05) is 4.90 Å². The number of aromatic nitrogens is 2. The van der Waals surface area contributed by atoms with E-state index in [1.54, 1.807) is 30.3 Å². The van der Waals surface area contributed by atoms with Gasteiger partial charge < -0.3 is 14.6 Å². The predicted octanol–water partition coefficient (Wildman–Crippen LogP) is 3.69. The van der Waals surface area contributed by atoms with E-state index in [1.165, 1.54) is 31.0 Å². The number of halogens is 1. The first-order chi connectivity index (χ1) is 12.6. The number of thioether (sulfide) groups is 1. The van der Waals surface area contributed by atoms with Gasteiger partial charge in [-0.3, -0.25) is 4.79 Å². The van der Waals surface area contributed by atoms with E-state index >= 15 is 0 Å². The molecule has 0 fully saturated rings. The second kappa shape index (κ2) is 8.48. The van der Waals surface area contributed by atoms with Gasteiger partial charge in [0.2, 0.25) is 11.8 Å². The number of nitrogens with one attached hydrogen (secondary N) is 1. The number of anilines is 1. The molecular formula is C18H16FN3O3S. The van der Waals surface area contributed by atoms with Crippen LogP contribution in [0.4, 0.5) is 10.1 Å². The Hall–Kier alpha value is -2.87. The largest absolute Gasteiger partial charge is 0.495 e. The zero-order valence-corrected chi connectivity index (χ0v) is 14.8. The summed E-state index contributed by atoms with van der Waals surface area (Å²) in [4.78, 5) is 17.2. The summed E-state index contributed by atoms with van der Waals surface area (Å²) < 4.78 is 23.2. The summed E-state index contributed by atoms with van der Waals surface area (Å²) in [6.45, 7) is 0. The van der Waals surface area contributed by atoms with Gasteiger partial charge in [0.25, 0.3) is 0 Å². The lowest BCUT2D eigenvalue weighted by atomic mass is 10.2. The molecule has 0 radical (unpaired) electrons. The molecule has 6 nitrogen and oxygen atoms in total. The molecule has 8 heteroatoms. The van der Waals surface area contributed by atoms with Crippen LogP contribution in [0.5, 0.6) is 5.75 Å². The van der Waals surface area contributed by atoms with Crippen LogP contribution in [0, 0.1) is 5.82 Å². The van der Waals surface area contributed by atoms with E-state index < -0.39 is 0 Å². The maximum absolute atomic E-state index is 12.9. The highest BCUT2D eigenvalue weighted by molar-refractivity contribution is 7.98. The Labute approximate surface area is 153 Å². The molecule has 3 rings (SSSR count). The first-order valence-corrected chi connectivity index (χ1v) is 8.75. The minimum Gasteiger partial charge on any atom is -0.495 e. The molecule has 0 saturated carbocycles. The second-order valence-corrected chi connectivity index (χ2v) is 6.32. The molecule has 0 unspecified atom stereocenters. The molecule has 0 bridgehead atoms. The number of carbonyl (C=O) groups excluding carboxylic acids is 1. The molecule has 134 valence electrons. The summed E-state index contributed by atoms with van der Waals surface area (Å²) in [5, 5.41) is 6.57. The van der Waals surface area contributed by atoms with Crippen LogP contribution in [0.15, 0.2) is 57.9 Å². The summed E-state index contributed by atoms with van der Waals surface area (Å²) >= 11 is 1.44. The lowest BCUT2D eigenvalue weighted by Gasteiger charge is -2.08. The van der Waals surface area contributed by atoms with Crippen molar-refractivity contribution >= 4 is 23.4 Å². The summed E-state index contributed by atoms with van der Waals surface area (Å²) in [5.41, 5.74) is 0.579. The lowest BCUT2D eigenvalue weighted by molar-refractivity contribution is -0.115. The van der Waals surface area contributed by atoms with E-state index in [0.717, 1.165) is 4.90 Å². The molecule has 1 aromatic heterocycles. The smallest absolute Gasteiger partial charge is 0.237 e. The maximum atomic E-state index is 12.9. The molecule has 3 aromatic rings. The number of rotatable bonds is 7. The van der Waals surface area contributed by atoms with Crippen LogP contribution in [-0.4, -0.2) is 23.2 Å². The van der Waals surface area contributed by atoms with E-state index in [9.17, 15) is 9.18 Å². The van der Waals surface area contributed by atoms with Gasteiger partial charge in [0.15, 0.2) is 5.82 Å². The van der Waals surface area contributed by atoms with Crippen LogP contribution >= 0.6 is 11.8 Å². The van der Waals surface area contributed by atoms with Crippen LogP contribution < -0.4 is 10.1 Å². The number of carbonyl (C=O) groups is 1. The molecule has 0 aliphatic carbocycles. The third-order valence-electron chi connectivity index (χ3n) is 3.39. The maximum Gasteiger partial charge on any atom is 0.237 e. The Balaban J connectivity index is 1.54. The van der Waals surface area contributed by atoms with Crippen molar-refractivity contribution < 1.29 is 18.4 Å². The van der Waals surface area contributed by atoms with Crippen LogP contribution in [0.1, 0.15) is 11.7 Å². The number of para-hydroxylation sites is 2. The molecule has 1 amide bonds. The summed E-state index contributed by atoms with van der Waals surface area (Å²) in [5.74, 6) is 1.16. The first kappa shape index (κ1) is 17.9. The number of nitrogens with zero attached hydrogens (tertiary/aromatic N) is 2. The molecule has 26 heavy (non-hydrogen) atoms. The normalized spacial score (nSPS) is 10.5. The van der Waals surface area contributed by atoms with Gasteiger partial charge in [-0.2, -0.15) is 4.98 Å². The number of ether oxygens (including phenoxy) is 1. The Morgan fingerprint density at radius 3 is 2.77 bits per heavy atom. The average Bonchev–Trinajstić information content (AvgIpc) is 3.09. The number of amides is 1. The van der Waals surface area contributed by atoms with Gasteiger partial charge in [0.05, 0.1) is 25.0 Å². The van der Waals surface area contributed by atoms with E-state index in [0.29, 0.717) is 28.9 Å². The van der Waals surface area contributed by atoms with Gasteiger partial charge in [0.1, 0.15) is 11.6 Å². The highest BCUT2D eigenvalue weighted by Crippen LogP contribution is 2.24. The fraction of sp³-hybridized carbons (Fsp3) is 0.167. The number of hydrogen-bond donors (Lipinski definition) is 1. The Morgan fingerprint density at radius 1 is 1.23 bits per heavy atom. The Kier molecular flexibility index (Phi) is 5.85. The zero-order chi connectivity index (χ0) is 18.4. The van der Waals surface area contributed by atoms with Crippen molar-refractivity contribution in [2.45, 2.75) is 17.1 Å². The Morgan fingerprint density at radius 2 is 2.00 bits per heavy atom. The van der Waals surface area contributed by atoms with Crippen molar-refractivity contribution in [1.29, 1.82) is 0 Å². The third kappa shape index (κ3) is 4.82. The zero-order valence-electron chi connectivity index (χ0n) is 13.9. The minimum absolute atomic E-state index is 0.0111. The number of hydrogen-bond acceptors (Lipinski definition) is 6. The van der Waals surface area contributed by atoms with E-state index in [2.05, 4.69) is 15.5 Å². The van der Waals surface area contributed by atoms with Gasteiger partial charge in [-0.1, -0.05) is 17.3 Å².